The highest BCUT2D eigenvalue weighted by molar-refractivity contribution is 7.98. The lowest BCUT2D eigenvalue weighted by molar-refractivity contribution is 0.0757. The van der Waals surface area contributed by atoms with Crippen molar-refractivity contribution in [3.63, 3.8) is 0 Å². The third-order valence-electron chi connectivity index (χ3n) is 2.73. The maximum atomic E-state index is 12.3. The van der Waals surface area contributed by atoms with Crippen LogP contribution in [0.4, 0.5) is 5.82 Å². The van der Waals surface area contributed by atoms with Crippen LogP contribution in [0.25, 0.3) is 0 Å². The molecule has 0 aromatic carbocycles. The summed E-state index contributed by atoms with van der Waals surface area (Å²) in [7, 11) is 3.55. The van der Waals surface area contributed by atoms with Crippen LogP contribution in [0.1, 0.15) is 17.3 Å². The van der Waals surface area contributed by atoms with Gasteiger partial charge in [-0.15, -0.1) is 0 Å². The van der Waals surface area contributed by atoms with Gasteiger partial charge in [0.15, 0.2) is 0 Å². The first-order valence-electron chi connectivity index (χ1n) is 5.60. The highest BCUT2D eigenvalue weighted by Crippen LogP contribution is 2.20. The summed E-state index contributed by atoms with van der Waals surface area (Å²) in [5, 5.41) is 3.28. The summed E-state index contributed by atoms with van der Waals surface area (Å²) in [6.45, 7) is 2.02. The van der Waals surface area contributed by atoms with Crippen LogP contribution >= 0.6 is 23.4 Å². The molecule has 18 heavy (non-hydrogen) atoms. The number of carbonyl (C=O) groups is 1. The van der Waals surface area contributed by atoms with Gasteiger partial charge in [-0.05, 0) is 19.2 Å². The van der Waals surface area contributed by atoms with E-state index in [2.05, 4.69) is 10.3 Å². The average molecular weight is 288 g/mol. The molecule has 0 spiro atoms. The number of carbonyl (C=O) groups excluding carboxylic acids is 1. The van der Waals surface area contributed by atoms with Crippen molar-refractivity contribution in [1.29, 1.82) is 0 Å². The van der Waals surface area contributed by atoms with Crippen molar-refractivity contribution in [2.75, 3.05) is 31.4 Å². The number of nitrogens with zero attached hydrogens (tertiary/aromatic N) is 2. The molecule has 1 aromatic heterocycles. The molecule has 100 valence electrons. The molecule has 4 nitrogen and oxygen atoms in total. The fraction of sp³-hybridized carbons (Fsp3) is 0.500. The number of hydrogen-bond donors (Lipinski definition) is 1. The molecule has 0 saturated heterocycles. The number of thioether (sulfide) groups is 1. The number of aromatic nitrogens is 1. The van der Waals surface area contributed by atoms with E-state index in [4.69, 9.17) is 11.6 Å². The van der Waals surface area contributed by atoms with Gasteiger partial charge in [0.05, 0.1) is 10.6 Å². The summed E-state index contributed by atoms with van der Waals surface area (Å²) >= 11 is 7.74. The first-order valence-corrected chi connectivity index (χ1v) is 7.37. The molecule has 6 heteroatoms. The predicted molar refractivity (Wildman–Crippen MR) is 78.7 cm³/mol. The summed E-state index contributed by atoms with van der Waals surface area (Å²) in [6.07, 6.45) is 3.51. The van der Waals surface area contributed by atoms with E-state index in [0.29, 0.717) is 16.4 Å². The van der Waals surface area contributed by atoms with Gasteiger partial charge in [0, 0.05) is 32.1 Å². The molecular formula is C12H18ClN3OS. The van der Waals surface area contributed by atoms with E-state index < -0.39 is 0 Å². The Morgan fingerprint density at radius 3 is 2.89 bits per heavy atom. The molecule has 1 rings (SSSR count). The zero-order valence-electron chi connectivity index (χ0n) is 11.0. The zero-order valence-corrected chi connectivity index (χ0v) is 12.6. The van der Waals surface area contributed by atoms with Gasteiger partial charge >= 0.3 is 0 Å². The van der Waals surface area contributed by atoms with Crippen LogP contribution in [0.2, 0.25) is 5.02 Å². The van der Waals surface area contributed by atoms with Gasteiger partial charge in [-0.25, -0.2) is 4.98 Å². The summed E-state index contributed by atoms with van der Waals surface area (Å²) in [5.41, 5.74) is 0.478. The molecule has 0 fully saturated rings. The van der Waals surface area contributed by atoms with Crippen LogP contribution in [-0.4, -0.2) is 47.9 Å². The second kappa shape index (κ2) is 6.85. The molecule has 0 aliphatic heterocycles. The maximum absolute atomic E-state index is 12.3. The van der Waals surface area contributed by atoms with Crippen molar-refractivity contribution in [3.05, 3.63) is 22.8 Å². The van der Waals surface area contributed by atoms with Gasteiger partial charge in [0.1, 0.15) is 5.82 Å². The smallest absolute Gasteiger partial charge is 0.255 e. The van der Waals surface area contributed by atoms with Gasteiger partial charge in [-0.3, -0.25) is 4.79 Å². The molecule has 0 bridgehead atoms. The van der Waals surface area contributed by atoms with Crippen LogP contribution in [0.3, 0.4) is 0 Å². The number of rotatable bonds is 5. The normalized spacial score (nSPS) is 12.1. The second-order valence-corrected chi connectivity index (χ2v) is 5.34. The zero-order chi connectivity index (χ0) is 13.7. The van der Waals surface area contributed by atoms with Gasteiger partial charge in [0.25, 0.3) is 5.91 Å². The second-order valence-electron chi connectivity index (χ2n) is 4.02. The Bertz CT molecular complexity index is 428. The molecule has 0 radical (unpaired) electrons. The van der Waals surface area contributed by atoms with Crippen molar-refractivity contribution >= 4 is 35.1 Å². The molecule has 1 aromatic rings. The Labute approximate surface area is 117 Å². The van der Waals surface area contributed by atoms with Crippen molar-refractivity contribution in [2.24, 2.45) is 0 Å². The van der Waals surface area contributed by atoms with Crippen LogP contribution in [-0.2, 0) is 0 Å². The fourth-order valence-electron chi connectivity index (χ4n) is 1.48. The van der Waals surface area contributed by atoms with E-state index in [0.717, 1.165) is 5.75 Å². The Kier molecular flexibility index (Phi) is 5.75. The van der Waals surface area contributed by atoms with Gasteiger partial charge < -0.3 is 10.2 Å². The number of pyridine rings is 1. The van der Waals surface area contributed by atoms with Crippen LogP contribution in [0.5, 0.6) is 0 Å². The predicted octanol–water partition coefficient (Wildman–Crippen LogP) is 2.60. The lowest BCUT2D eigenvalue weighted by Gasteiger charge is -2.24. The number of nitrogens with one attached hydrogen (secondary N) is 1. The standard InChI is InChI=1S/C12H18ClN3OS/c1-8(7-18-4)16(3)12(17)9-5-11(14-2)15-6-10(9)13/h5-6,8H,7H2,1-4H3,(H,14,15). The van der Waals surface area contributed by atoms with E-state index >= 15 is 0 Å². The fourth-order valence-corrected chi connectivity index (χ4v) is 2.37. The van der Waals surface area contributed by atoms with E-state index in [1.165, 1.54) is 6.20 Å². The third-order valence-corrected chi connectivity index (χ3v) is 3.85. The molecule has 0 aliphatic carbocycles. The van der Waals surface area contributed by atoms with E-state index in [9.17, 15) is 4.79 Å². The van der Waals surface area contributed by atoms with Crippen LogP contribution in [0, 0.1) is 0 Å². The monoisotopic (exact) mass is 287 g/mol. The largest absolute Gasteiger partial charge is 0.373 e. The molecule has 0 saturated carbocycles. The summed E-state index contributed by atoms with van der Waals surface area (Å²) < 4.78 is 0. The number of anilines is 1. The molecular weight excluding hydrogens is 270 g/mol. The summed E-state index contributed by atoms with van der Waals surface area (Å²) in [4.78, 5) is 18.1. The average Bonchev–Trinajstić information content (AvgIpc) is 2.38. The maximum Gasteiger partial charge on any atom is 0.255 e. The molecule has 1 amide bonds. The first kappa shape index (κ1) is 15.1. The minimum absolute atomic E-state index is 0.0829. The lowest BCUT2D eigenvalue weighted by atomic mass is 10.2. The SMILES string of the molecule is CNc1cc(C(=O)N(C)C(C)CSC)c(Cl)cn1. The van der Waals surface area contributed by atoms with Gasteiger partial charge in [-0.2, -0.15) is 11.8 Å². The Morgan fingerprint density at radius 2 is 2.33 bits per heavy atom. The highest BCUT2D eigenvalue weighted by Gasteiger charge is 2.20. The van der Waals surface area contributed by atoms with Gasteiger partial charge in [0.2, 0.25) is 0 Å². The van der Waals surface area contributed by atoms with Crippen molar-refractivity contribution < 1.29 is 4.79 Å². The molecule has 1 atom stereocenters. The van der Waals surface area contributed by atoms with Crippen LogP contribution in [0.15, 0.2) is 12.3 Å². The van der Waals surface area contributed by atoms with E-state index in [1.807, 2.05) is 13.2 Å². The Hall–Kier alpha value is -0.940. The third kappa shape index (κ3) is 3.53. The highest BCUT2D eigenvalue weighted by atomic mass is 35.5. The molecule has 1 unspecified atom stereocenters. The van der Waals surface area contributed by atoms with Gasteiger partial charge in [-0.1, -0.05) is 11.6 Å². The summed E-state index contributed by atoms with van der Waals surface area (Å²) in [6, 6.07) is 1.84. The van der Waals surface area contributed by atoms with Crippen LogP contribution < -0.4 is 5.32 Å². The lowest BCUT2D eigenvalue weighted by Crippen LogP contribution is -2.36. The quantitative estimate of drug-likeness (QED) is 0.904. The van der Waals surface area contributed by atoms with Crippen molar-refractivity contribution in [2.45, 2.75) is 13.0 Å². The van der Waals surface area contributed by atoms with Crippen molar-refractivity contribution in [1.82, 2.24) is 9.88 Å². The van der Waals surface area contributed by atoms with E-state index in [-0.39, 0.29) is 11.9 Å². The first-order chi connectivity index (χ1) is 8.51. The van der Waals surface area contributed by atoms with Crippen molar-refractivity contribution in [3.8, 4) is 0 Å². The Balaban J connectivity index is 2.95. The minimum atomic E-state index is -0.0829. The molecule has 1 N–H and O–H groups in total. The molecule has 0 aliphatic rings. The number of hydrogen-bond acceptors (Lipinski definition) is 4. The molecule has 1 heterocycles. The number of amides is 1. The Morgan fingerprint density at radius 1 is 1.67 bits per heavy atom. The van der Waals surface area contributed by atoms with E-state index in [1.54, 1.807) is 36.8 Å². The summed E-state index contributed by atoms with van der Waals surface area (Å²) in [5.74, 6) is 1.44. The number of halogens is 1. The topological polar surface area (TPSA) is 45.2 Å². The minimum Gasteiger partial charge on any atom is -0.373 e.